The van der Waals surface area contributed by atoms with Crippen LogP contribution in [0.3, 0.4) is 0 Å². The van der Waals surface area contributed by atoms with E-state index in [9.17, 15) is 13.9 Å². The van der Waals surface area contributed by atoms with E-state index in [1.807, 2.05) is 7.05 Å². The molecule has 1 aromatic carbocycles. The second-order valence-electron chi connectivity index (χ2n) is 9.68. The largest absolute Gasteiger partial charge is 0.507 e. The molecule has 8 nitrogen and oxygen atoms in total. The van der Waals surface area contributed by atoms with Crippen LogP contribution in [0.4, 0.5) is 14.6 Å². The number of hydrogen-bond acceptors (Lipinski definition) is 8. The van der Waals surface area contributed by atoms with E-state index in [1.165, 1.54) is 12.4 Å². The highest BCUT2D eigenvalue weighted by Gasteiger charge is 2.49. The molecule has 10 heteroatoms. The summed E-state index contributed by atoms with van der Waals surface area (Å²) in [5.74, 6) is -2.16. The fraction of sp³-hybridized carbons (Fsp3) is 0.435. The zero-order valence-electron chi connectivity index (χ0n) is 18.7. The maximum Gasteiger partial charge on any atom is 0.172 e. The average molecular weight is 453 g/mol. The first-order chi connectivity index (χ1) is 15.7. The second-order valence-corrected chi connectivity index (χ2v) is 9.68. The SMILES string of the molecule is CN(c1ccc(-c2c(O)cc(-c3cnnnc3)c(F)c2F)nn1)[C@H]1C[C@]2(C)CC[C@](C)(C1)N2. The minimum atomic E-state index is -1.21. The molecule has 2 saturated heterocycles. The fourth-order valence-electron chi connectivity index (χ4n) is 5.38. The molecule has 2 N–H and O–H groups in total. The van der Waals surface area contributed by atoms with Gasteiger partial charge in [-0.3, -0.25) is 0 Å². The van der Waals surface area contributed by atoms with Crippen LogP contribution in [-0.4, -0.2) is 54.9 Å². The van der Waals surface area contributed by atoms with Crippen LogP contribution in [0.15, 0.2) is 30.6 Å². The summed E-state index contributed by atoms with van der Waals surface area (Å²) in [5, 5.41) is 33.1. The van der Waals surface area contributed by atoms with Crippen LogP contribution in [0, 0.1) is 11.6 Å². The number of fused-ring (bicyclic) bond motifs is 2. The van der Waals surface area contributed by atoms with Gasteiger partial charge in [-0.25, -0.2) is 8.78 Å². The van der Waals surface area contributed by atoms with Gasteiger partial charge >= 0.3 is 0 Å². The van der Waals surface area contributed by atoms with Gasteiger partial charge in [0.25, 0.3) is 0 Å². The first-order valence-corrected chi connectivity index (χ1v) is 10.9. The highest BCUT2D eigenvalue weighted by atomic mass is 19.2. The van der Waals surface area contributed by atoms with E-state index >= 15 is 0 Å². The van der Waals surface area contributed by atoms with E-state index < -0.39 is 17.4 Å². The summed E-state index contributed by atoms with van der Waals surface area (Å²) in [6, 6.07) is 4.68. The number of nitrogens with zero attached hydrogens (tertiary/aromatic N) is 6. The van der Waals surface area contributed by atoms with Crippen LogP contribution in [0.1, 0.15) is 39.5 Å². The molecule has 172 valence electrons. The Kier molecular flexibility index (Phi) is 5.00. The molecular weight excluding hydrogens is 428 g/mol. The normalized spacial score (nSPS) is 26.4. The molecule has 33 heavy (non-hydrogen) atoms. The smallest absolute Gasteiger partial charge is 0.172 e. The molecule has 4 heterocycles. The molecule has 3 aromatic rings. The van der Waals surface area contributed by atoms with Crippen molar-refractivity contribution in [1.29, 1.82) is 0 Å². The second kappa shape index (κ2) is 7.65. The lowest BCUT2D eigenvalue weighted by Crippen LogP contribution is -2.58. The number of hydrogen-bond donors (Lipinski definition) is 2. The Bertz CT molecular complexity index is 1180. The summed E-state index contributed by atoms with van der Waals surface area (Å²) in [6.45, 7) is 4.52. The van der Waals surface area contributed by atoms with Crippen molar-refractivity contribution in [2.45, 2.75) is 56.7 Å². The van der Waals surface area contributed by atoms with Gasteiger partial charge in [-0.15, -0.1) is 20.4 Å². The molecule has 3 atom stereocenters. The highest BCUT2D eigenvalue weighted by Crippen LogP contribution is 2.44. The summed E-state index contributed by atoms with van der Waals surface area (Å²) >= 11 is 0. The number of aromatic hydroxyl groups is 1. The number of phenols is 1. The maximum absolute atomic E-state index is 14.9. The minimum Gasteiger partial charge on any atom is -0.507 e. The fourth-order valence-corrected chi connectivity index (χ4v) is 5.38. The molecule has 2 bridgehead atoms. The first kappa shape index (κ1) is 21.6. The third kappa shape index (κ3) is 3.78. The molecule has 0 unspecified atom stereocenters. The van der Waals surface area contributed by atoms with Crippen molar-refractivity contribution >= 4 is 5.82 Å². The summed E-state index contributed by atoms with van der Waals surface area (Å²) in [4.78, 5) is 2.10. The lowest BCUT2D eigenvalue weighted by molar-refractivity contribution is 0.207. The van der Waals surface area contributed by atoms with Crippen molar-refractivity contribution in [3.63, 3.8) is 0 Å². The molecule has 0 aliphatic carbocycles. The summed E-state index contributed by atoms with van der Waals surface area (Å²) in [6.07, 6.45) is 6.74. The van der Waals surface area contributed by atoms with Gasteiger partial charge in [-0.1, -0.05) is 0 Å². The van der Waals surface area contributed by atoms with Gasteiger partial charge in [0.1, 0.15) is 5.75 Å². The number of anilines is 1. The maximum atomic E-state index is 14.9. The zero-order chi connectivity index (χ0) is 23.4. The summed E-state index contributed by atoms with van der Waals surface area (Å²) in [5.41, 5.74) is -0.0518. The lowest BCUT2D eigenvalue weighted by atomic mass is 9.84. The number of phenolic OH excluding ortho intramolecular Hbond substituents is 1. The van der Waals surface area contributed by atoms with Crippen molar-refractivity contribution in [1.82, 2.24) is 30.9 Å². The Hall–Kier alpha value is -3.27. The molecule has 2 fully saturated rings. The lowest BCUT2D eigenvalue weighted by Gasteiger charge is -2.45. The molecule has 5 rings (SSSR count). The monoisotopic (exact) mass is 453 g/mol. The van der Waals surface area contributed by atoms with E-state index in [-0.39, 0.29) is 39.5 Å². The van der Waals surface area contributed by atoms with Crippen molar-refractivity contribution in [2.24, 2.45) is 0 Å². The Morgan fingerprint density at radius 3 is 2.30 bits per heavy atom. The Labute approximate surface area is 190 Å². The zero-order valence-corrected chi connectivity index (χ0v) is 18.7. The van der Waals surface area contributed by atoms with Gasteiger partial charge in [0.05, 0.1) is 23.7 Å². The molecule has 2 aliphatic heterocycles. The van der Waals surface area contributed by atoms with Gasteiger partial charge in [0.2, 0.25) is 0 Å². The number of halogens is 2. The standard InChI is InChI=1S/C23H25F2N7O/c1-22-6-7-23(2,30-22)10-14(9-22)32(3)18-5-4-16(28-29-18)19-17(33)8-15(20(24)21(19)25)13-11-26-31-27-12-13/h4-5,8,11-12,14,30,33H,6-7,9-10H2,1-3H3/t14-,22-,23+. The molecule has 0 amide bonds. The van der Waals surface area contributed by atoms with E-state index in [4.69, 9.17) is 0 Å². The number of rotatable bonds is 4. The third-order valence-electron chi connectivity index (χ3n) is 7.01. The molecule has 2 aromatic heterocycles. The summed E-state index contributed by atoms with van der Waals surface area (Å²) in [7, 11) is 1.98. The van der Waals surface area contributed by atoms with E-state index in [2.05, 4.69) is 49.7 Å². The number of piperidine rings is 1. The molecule has 0 radical (unpaired) electrons. The molecule has 0 spiro atoms. The Morgan fingerprint density at radius 2 is 1.70 bits per heavy atom. The van der Waals surface area contributed by atoms with E-state index in [0.29, 0.717) is 5.82 Å². The number of aromatic nitrogens is 5. The van der Waals surface area contributed by atoms with Crippen molar-refractivity contribution < 1.29 is 13.9 Å². The van der Waals surface area contributed by atoms with Crippen LogP contribution in [-0.2, 0) is 0 Å². The predicted octanol–water partition coefficient (Wildman–Crippen LogP) is 3.48. The van der Waals surface area contributed by atoms with Gasteiger partial charge in [-0.05, 0) is 62.9 Å². The Balaban J connectivity index is 1.43. The van der Waals surface area contributed by atoms with Gasteiger partial charge in [-0.2, -0.15) is 0 Å². The average Bonchev–Trinajstić information content (AvgIpc) is 3.03. The molecular formula is C23H25F2N7O. The van der Waals surface area contributed by atoms with Gasteiger partial charge < -0.3 is 15.3 Å². The van der Waals surface area contributed by atoms with Crippen LogP contribution < -0.4 is 10.2 Å². The number of nitrogens with one attached hydrogen (secondary N) is 1. The van der Waals surface area contributed by atoms with E-state index in [0.717, 1.165) is 31.7 Å². The predicted molar refractivity (Wildman–Crippen MR) is 118 cm³/mol. The highest BCUT2D eigenvalue weighted by molar-refractivity contribution is 5.75. The number of benzene rings is 1. The summed E-state index contributed by atoms with van der Waals surface area (Å²) < 4.78 is 29.7. The molecule has 0 saturated carbocycles. The van der Waals surface area contributed by atoms with Crippen LogP contribution >= 0.6 is 0 Å². The van der Waals surface area contributed by atoms with Crippen LogP contribution in [0.2, 0.25) is 0 Å². The van der Waals surface area contributed by atoms with Crippen LogP contribution in [0.5, 0.6) is 5.75 Å². The molecule has 2 aliphatic rings. The Morgan fingerprint density at radius 1 is 1.03 bits per heavy atom. The topological polar surface area (TPSA) is 100.0 Å². The van der Waals surface area contributed by atoms with Crippen molar-refractivity contribution in [3.8, 4) is 28.1 Å². The quantitative estimate of drug-likeness (QED) is 0.619. The third-order valence-corrected chi connectivity index (χ3v) is 7.01. The van der Waals surface area contributed by atoms with Gasteiger partial charge in [0, 0.05) is 35.3 Å². The van der Waals surface area contributed by atoms with Crippen molar-refractivity contribution in [3.05, 3.63) is 42.2 Å². The van der Waals surface area contributed by atoms with Crippen molar-refractivity contribution in [2.75, 3.05) is 11.9 Å². The minimum absolute atomic E-state index is 0.0443. The van der Waals surface area contributed by atoms with Crippen LogP contribution in [0.25, 0.3) is 22.4 Å². The first-order valence-electron chi connectivity index (χ1n) is 10.9. The van der Waals surface area contributed by atoms with Gasteiger partial charge in [0.15, 0.2) is 17.5 Å². The van der Waals surface area contributed by atoms with E-state index in [1.54, 1.807) is 12.1 Å².